The molecule has 0 spiro atoms. The molecule has 0 amide bonds. The number of carbonyl (C=O) groups excluding carboxylic acids is 1. The van der Waals surface area contributed by atoms with Crippen LogP contribution in [0.4, 0.5) is 0 Å². The second-order valence-corrected chi connectivity index (χ2v) is 5.63. The Morgan fingerprint density at radius 2 is 2.38 bits per heavy atom. The Labute approximate surface area is 130 Å². The molecule has 0 bridgehead atoms. The van der Waals surface area contributed by atoms with Crippen molar-refractivity contribution in [3.63, 3.8) is 0 Å². The van der Waals surface area contributed by atoms with Crippen molar-refractivity contribution in [2.75, 3.05) is 26.3 Å². The molecule has 1 aliphatic rings. The molecular weight excluding hydrogens is 290 g/mol. The average Bonchev–Trinajstić information content (AvgIpc) is 2.49. The van der Waals surface area contributed by atoms with Gasteiger partial charge in [-0.1, -0.05) is 23.7 Å². The second kappa shape index (κ2) is 8.37. The van der Waals surface area contributed by atoms with Gasteiger partial charge in [-0.2, -0.15) is 0 Å². The number of carbonyl (C=O) groups is 1. The summed E-state index contributed by atoms with van der Waals surface area (Å²) in [6.45, 7) is 4.06. The van der Waals surface area contributed by atoms with Gasteiger partial charge in [-0.15, -0.1) is 0 Å². The number of hydrogen-bond acceptors (Lipinski definition) is 4. The van der Waals surface area contributed by atoms with Gasteiger partial charge in [-0.25, -0.2) is 4.79 Å². The summed E-state index contributed by atoms with van der Waals surface area (Å²) in [5.41, 5.74) is 1.01. The van der Waals surface area contributed by atoms with Crippen molar-refractivity contribution in [1.82, 2.24) is 5.32 Å². The van der Waals surface area contributed by atoms with Crippen LogP contribution in [0.2, 0.25) is 5.02 Å². The molecule has 0 aliphatic carbocycles. The topological polar surface area (TPSA) is 47.6 Å². The molecule has 1 fully saturated rings. The number of piperidine rings is 1. The van der Waals surface area contributed by atoms with Crippen LogP contribution in [0, 0.1) is 5.92 Å². The minimum atomic E-state index is -0.326. The Balaban J connectivity index is 2.07. The second-order valence-electron chi connectivity index (χ2n) is 5.20. The van der Waals surface area contributed by atoms with E-state index in [-0.39, 0.29) is 18.7 Å². The Morgan fingerprint density at radius 3 is 3.05 bits per heavy atom. The normalized spacial score (nSPS) is 20.0. The minimum absolute atomic E-state index is 0.0263. The fourth-order valence-corrected chi connectivity index (χ4v) is 2.88. The average molecular weight is 312 g/mol. The fourth-order valence-electron chi connectivity index (χ4n) is 2.69. The summed E-state index contributed by atoms with van der Waals surface area (Å²) in [7, 11) is 0. The molecule has 1 heterocycles. The SMILES string of the molecule is CCOC(=O)CO[C@@H](c1cccc(Cl)c1)C1CCCNC1. The van der Waals surface area contributed by atoms with Crippen molar-refractivity contribution < 1.29 is 14.3 Å². The van der Waals surface area contributed by atoms with E-state index in [2.05, 4.69) is 5.32 Å². The molecule has 2 atom stereocenters. The van der Waals surface area contributed by atoms with E-state index in [9.17, 15) is 4.79 Å². The van der Waals surface area contributed by atoms with Crippen molar-refractivity contribution >= 4 is 17.6 Å². The van der Waals surface area contributed by atoms with Gasteiger partial charge in [0.2, 0.25) is 0 Å². The number of benzene rings is 1. The molecule has 4 nitrogen and oxygen atoms in total. The maximum atomic E-state index is 11.5. The highest BCUT2D eigenvalue weighted by atomic mass is 35.5. The monoisotopic (exact) mass is 311 g/mol. The first-order valence-corrected chi connectivity index (χ1v) is 7.82. The molecule has 1 unspecified atom stereocenters. The van der Waals surface area contributed by atoms with Crippen molar-refractivity contribution in [3.8, 4) is 0 Å². The molecule has 0 radical (unpaired) electrons. The summed E-state index contributed by atoms with van der Waals surface area (Å²) in [5.74, 6) is 0.0138. The van der Waals surface area contributed by atoms with E-state index in [0.29, 0.717) is 17.5 Å². The van der Waals surface area contributed by atoms with Crippen LogP contribution in [0.25, 0.3) is 0 Å². The summed E-state index contributed by atoms with van der Waals surface area (Å²) in [5, 5.41) is 4.06. The van der Waals surface area contributed by atoms with Gasteiger partial charge >= 0.3 is 5.97 Å². The standard InChI is InChI=1S/C16H22ClNO3/c1-2-20-15(19)11-21-16(13-6-4-8-18-10-13)12-5-3-7-14(17)9-12/h3,5,7,9,13,16,18H,2,4,6,8,10-11H2,1H3/t13?,16-/m0/s1. The summed E-state index contributed by atoms with van der Waals surface area (Å²) >= 11 is 6.08. The van der Waals surface area contributed by atoms with Gasteiger partial charge in [0.15, 0.2) is 0 Å². The van der Waals surface area contributed by atoms with Crippen molar-refractivity contribution in [3.05, 3.63) is 34.9 Å². The molecular formula is C16H22ClNO3. The van der Waals surface area contributed by atoms with E-state index >= 15 is 0 Å². The lowest BCUT2D eigenvalue weighted by atomic mass is 9.89. The zero-order valence-electron chi connectivity index (χ0n) is 12.3. The van der Waals surface area contributed by atoms with Crippen LogP contribution in [-0.2, 0) is 14.3 Å². The highest BCUT2D eigenvalue weighted by Crippen LogP contribution is 2.31. The lowest BCUT2D eigenvalue weighted by molar-refractivity contribution is -0.152. The quantitative estimate of drug-likeness (QED) is 0.821. The maximum absolute atomic E-state index is 11.5. The molecule has 0 saturated carbocycles. The third-order valence-electron chi connectivity index (χ3n) is 3.63. The van der Waals surface area contributed by atoms with Crippen molar-refractivity contribution in [2.24, 2.45) is 5.92 Å². The number of esters is 1. The smallest absolute Gasteiger partial charge is 0.332 e. The Kier molecular flexibility index (Phi) is 6.49. The van der Waals surface area contributed by atoms with Gasteiger partial charge in [0, 0.05) is 17.5 Å². The van der Waals surface area contributed by atoms with Crippen LogP contribution in [0.15, 0.2) is 24.3 Å². The van der Waals surface area contributed by atoms with Crippen LogP contribution in [0.3, 0.4) is 0 Å². The predicted molar refractivity (Wildman–Crippen MR) is 82.4 cm³/mol. The largest absolute Gasteiger partial charge is 0.464 e. The predicted octanol–water partition coefficient (Wildman–Crippen LogP) is 2.96. The lowest BCUT2D eigenvalue weighted by Crippen LogP contribution is -2.35. The van der Waals surface area contributed by atoms with Crippen LogP contribution in [-0.4, -0.2) is 32.3 Å². The van der Waals surface area contributed by atoms with E-state index in [1.165, 1.54) is 0 Å². The fraction of sp³-hybridized carbons (Fsp3) is 0.562. The molecule has 1 aromatic rings. The number of ether oxygens (including phenoxy) is 2. The molecule has 2 rings (SSSR count). The maximum Gasteiger partial charge on any atom is 0.332 e. The van der Waals surface area contributed by atoms with Gasteiger partial charge in [0.05, 0.1) is 12.7 Å². The zero-order valence-corrected chi connectivity index (χ0v) is 13.1. The van der Waals surface area contributed by atoms with E-state index < -0.39 is 0 Å². The Hall–Kier alpha value is -1.10. The first-order chi connectivity index (χ1) is 10.2. The Morgan fingerprint density at radius 1 is 1.52 bits per heavy atom. The van der Waals surface area contributed by atoms with Crippen LogP contribution in [0.5, 0.6) is 0 Å². The van der Waals surface area contributed by atoms with Gasteiger partial charge in [-0.3, -0.25) is 0 Å². The third-order valence-corrected chi connectivity index (χ3v) is 3.86. The molecule has 1 N–H and O–H groups in total. The van der Waals surface area contributed by atoms with Crippen LogP contribution >= 0.6 is 11.6 Å². The molecule has 116 valence electrons. The molecule has 1 saturated heterocycles. The molecule has 1 aliphatic heterocycles. The van der Waals surface area contributed by atoms with Gasteiger partial charge in [0.1, 0.15) is 6.61 Å². The van der Waals surface area contributed by atoms with E-state index in [1.54, 1.807) is 6.92 Å². The summed E-state index contributed by atoms with van der Waals surface area (Å²) < 4.78 is 10.8. The van der Waals surface area contributed by atoms with Gasteiger partial charge in [-0.05, 0) is 44.0 Å². The van der Waals surface area contributed by atoms with Crippen molar-refractivity contribution in [1.29, 1.82) is 0 Å². The molecule has 1 aromatic carbocycles. The van der Waals surface area contributed by atoms with Gasteiger partial charge < -0.3 is 14.8 Å². The van der Waals surface area contributed by atoms with Crippen molar-refractivity contribution in [2.45, 2.75) is 25.9 Å². The third kappa shape index (κ3) is 4.99. The molecule has 21 heavy (non-hydrogen) atoms. The number of rotatable bonds is 6. The van der Waals surface area contributed by atoms with E-state index in [4.69, 9.17) is 21.1 Å². The lowest BCUT2D eigenvalue weighted by Gasteiger charge is -2.31. The number of hydrogen-bond donors (Lipinski definition) is 1. The Bertz CT molecular complexity index is 461. The highest BCUT2D eigenvalue weighted by Gasteiger charge is 2.26. The van der Waals surface area contributed by atoms with E-state index in [1.807, 2.05) is 24.3 Å². The zero-order chi connectivity index (χ0) is 15.1. The first-order valence-electron chi connectivity index (χ1n) is 7.44. The first kappa shape index (κ1) is 16.3. The van der Waals surface area contributed by atoms with Crippen LogP contribution < -0.4 is 5.32 Å². The highest BCUT2D eigenvalue weighted by molar-refractivity contribution is 6.30. The number of halogens is 1. The van der Waals surface area contributed by atoms with Crippen LogP contribution in [0.1, 0.15) is 31.4 Å². The number of nitrogens with one attached hydrogen (secondary N) is 1. The molecule has 0 aromatic heterocycles. The van der Waals surface area contributed by atoms with E-state index in [0.717, 1.165) is 31.5 Å². The molecule has 5 heteroatoms. The van der Waals surface area contributed by atoms with Gasteiger partial charge in [0.25, 0.3) is 0 Å². The summed E-state index contributed by atoms with van der Waals surface area (Å²) in [6, 6.07) is 7.66. The summed E-state index contributed by atoms with van der Waals surface area (Å²) in [6.07, 6.45) is 2.05. The minimum Gasteiger partial charge on any atom is -0.464 e. The summed E-state index contributed by atoms with van der Waals surface area (Å²) in [4.78, 5) is 11.5.